The molecule has 0 nitrogen and oxygen atoms in total. The van der Waals surface area contributed by atoms with Crippen LogP contribution in [0, 0.1) is 19.7 Å². The monoisotopic (exact) mass is 326 g/mol. The maximum Gasteiger partial charge on any atom is 0.127 e. The first-order valence-electron chi connectivity index (χ1n) is 5.65. The zero-order chi connectivity index (χ0) is 13.3. The molecular formula is C15H13BrClF. The Balaban J connectivity index is 2.44. The van der Waals surface area contributed by atoms with Gasteiger partial charge < -0.3 is 0 Å². The van der Waals surface area contributed by atoms with Crippen molar-refractivity contribution in [3.8, 4) is 0 Å². The van der Waals surface area contributed by atoms with Crippen LogP contribution in [0.5, 0.6) is 0 Å². The van der Waals surface area contributed by atoms with E-state index in [0.29, 0.717) is 10.6 Å². The molecule has 0 amide bonds. The summed E-state index contributed by atoms with van der Waals surface area (Å²) >= 11 is 9.46. The molecule has 0 saturated heterocycles. The number of hydrogen-bond acceptors (Lipinski definition) is 0. The summed E-state index contributed by atoms with van der Waals surface area (Å²) in [6.45, 7) is 4.11. The molecule has 0 bridgehead atoms. The van der Waals surface area contributed by atoms with E-state index in [0.717, 1.165) is 5.56 Å². The first-order chi connectivity index (χ1) is 8.49. The van der Waals surface area contributed by atoms with Crippen LogP contribution in [0.1, 0.15) is 27.1 Å². The molecule has 2 aromatic rings. The zero-order valence-corrected chi connectivity index (χ0v) is 12.5. The van der Waals surface area contributed by atoms with Gasteiger partial charge in [-0.05, 0) is 48.7 Å². The Labute approximate surface area is 120 Å². The third kappa shape index (κ3) is 2.76. The maximum absolute atomic E-state index is 13.8. The van der Waals surface area contributed by atoms with Gasteiger partial charge in [-0.25, -0.2) is 4.39 Å². The Bertz CT molecular complexity index is 581. The number of hydrogen-bond donors (Lipinski definition) is 0. The van der Waals surface area contributed by atoms with E-state index in [1.54, 1.807) is 12.1 Å². The summed E-state index contributed by atoms with van der Waals surface area (Å²) < 4.78 is 13.8. The smallest absolute Gasteiger partial charge is 0.127 e. The molecule has 94 valence electrons. The van der Waals surface area contributed by atoms with Crippen molar-refractivity contribution >= 4 is 27.5 Å². The lowest BCUT2D eigenvalue weighted by molar-refractivity contribution is 0.613. The van der Waals surface area contributed by atoms with Crippen molar-refractivity contribution in [3.05, 3.63) is 69.5 Å². The minimum Gasteiger partial charge on any atom is -0.207 e. The van der Waals surface area contributed by atoms with Crippen LogP contribution in [0.3, 0.4) is 0 Å². The predicted molar refractivity (Wildman–Crippen MR) is 78.1 cm³/mol. The fourth-order valence-corrected chi connectivity index (χ4v) is 2.63. The summed E-state index contributed by atoms with van der Waals surface area (Å²) in [5, 5.41) is 0.541. The number of benzene rings is 2. The van der Waals surface area contributed by atoms with E-state index in [-0.39, 0.29) is 10.6 Å². The van der Waals surface area contributed by atoms with Crippen LogP contribution in [-0.2, 0) is 0 Å². The highest BCUT2D eigenvalue weighted by Crippen LogP contribution is 2.34. The van der Waals surface area contributed by atoms with Crippen LogP contribution < -0.4 is 0 Å². The van der Waals surface area contributed by atoms with Gasteiger partial charge in [-0.15, -0.1) is 0 Å². The lowest BCUT2D eigenvalue weighted by atomic mass is 10.00. The topological polar surface area (TPSA) is 0 Å². The van der Waals surface area contributed by atoms with Gasteiger partial charge in [0.1, 0.15) is 5.82 Å². The highest BCUT2D eigenvalue weighted by molar-refractivity contribution is 9.09. The van der Waals surface area contributed by atoms with E-state index in [2.05, 4.69) is 28.9 Å². The molecule has 1 unspecified atom stereocenters. The number of aryl methyl sites for hydroxylation is 2. The second kappa shape index (κ2) is 5.41. The second-order valence-corrected chi connectivity index (χ2v) is 5.72. The Hall–Kier alpha value is -0.860. The summed E-state index contributed by atoms with van der Waals surface area (Å²) in [7, 11) is 0. The summed E-state index contributed by atoms with van der Waals surface area (Å²) in [5.41, 5.74) is 4.01. The maximum atomic E-state index is 13.8. The number of rotatable bonds is 2. The van der Waals surface area contributed by atoms with Crippen molar-refractivity contribution in [2.45, 2.75) is 18.7 Å². The van der Waals surface area contributed by atoms with Crippen LogP contribution in [-0.4, -0.2) is 0 Å². The molecule has 0 aliphatic heterocycles. The lowest BCUT2D eigenvalue weighted by Crippen LogP contribution is -1.97. The molecule has 0 heterocycles. The lowest BCUT2D eigenvalue weighted by Gasteiger charge is -2.13. The SMILES string of the molecule is Cc1ccc(C(Br)c2cc(Cl)ccc2F)cc1C. The Morgan fingerprint density at radius 1 is 1.06 bits per heavy atom. The van der Waals surface area contributed by atoms with E-state index in [9.17, 15) is 4.39 Å². The molecule has 0 saturated carbocycles. The Morgan fingerprint density at radius 2 is 1.78 bits per heavy atom. The summed E-state index contributed by atoms with van der Waals surface area (Å²) in [4.78, 5) is -0.185. The van der Waals surface area contributed by atoms with Crippen LogP contribution in [0.15, 0.2) is 36.4 Å². The minimum atomic E-state index is -0.250. The predicted octanol–water partition coefficient (Wildman–Crippen LogP) is 5.58. The van der Waals surface area contributed by atoms with Crippen molar-refractivity contribution in [1.29, 1.82) is 0 Å². The van der Waals surface area contributed by atoms with Crippen molar-refractivity contribution in [2.75, 3.05) is 0 Å². The molecule has 2 rings (SSSR count). The molecule has 0 aromatic heterocycles. The normalized spacial score (nSPS) is 12.5. The van der Waals surface area contributed by atoms with Gasteiger partial charge in [0.05, 0.1) is 4.83 Å². The third-order valence-corrected chi connectivity index (χ3v) is 4.31. The highest BCUT2D eigenvalue weighted by Gasteiger charge is 2.15. The number of halogens is 3. The standard InChI is InChI=1S/C15H13BrClF/c1-9-3-4-11(7-10(9)2)15(16)13-8-12(17)5-6-14(13)18/h3-8,15H,1-2H3. The van der Waals surface area contributed by atoms with Crippen LogP contribution in [0.4, 0.5) is 4.39 Å². The van der Waals surface area contributed by atoms with E-state index >= 15 is 0 Å². The van der Waals surface area contributed by atoms with Crippen molar-refractivity contribution in [2.24, 2.45) is 0 Å². The van der Waals surface area contributed by atoms with Crippen LogP contribution in [0.25, 0.3) is 0 Å². The fraction of sp³-hybridized carbons (Fsp3) is 0.200. The summed E-state index contributed by atoms with van der Waals surface area (Å²) in [6, 6.07) is 10.7. The molecule has 0 aliphatic carbocycles. The van der Waals surface area contributed by atoms with Crippen LogP contribution >= 0.6 is 27.5 Å². The average Bonchev–Trinajstić information content (AvgIpc) is 2.35. The number of alkyl halides is 1. The van der Waals surface area contributed by atoms with Gasteiger partial charge in [0.25, 0.3) is 0 Å². The van der Waals surface area contributed by atoms with E-state index in [4.69, 9.17) is 11.6 Å². The molecule has 0 aliphatic rings. The van der Waals surface area contributed by atoms with Gasteiger partial charge in [0.2, 0.25) is 0 Å². The molecule has 0 radical (unpaired) electrons. The van der Waals surface area contributed by atoms with Gasteiger partial charge >= 0.3 is 0 Å². The van der Waals surface area contributed by atoms with Gasteiger partial charge in [-0.3, -0.25) is 0 Å². The molecule has 1 atom stereocenters. The quantitative estimate of drug-likeness (QED) is 0.632. The fourth-order valence-electron chi connectivity index (χ4n) is 1.81. The minimum absolute atomic E-state index is 0.185. The first kappa shape index (κ1) is 13.6. The van der Waals surface area contributed by atoms with Crippen molar-refractivity contribution in [1.82, 2.24) is 0 Å². The van der Waals surface area contributed by atoms with E-state index < -0.39 is 0 Å². The summed E-state index contributed by atoms with van der Waals surface area (Å²) in [6.07, 6.45) is 0. The van der Waals surface area contributed by atoms with E-state index in [1.807, 2.05) is 19.1 Å². The van der Waals surface area contributed by atoms with Crippen molar-refractivity contribution < 1.29 is 4.39 Å². The largest absolute Gasteiger partial charge is 0.207 e. The Kier molecular flexibility index (Phi) is 4.08. The Morgan fingerprint density at radius 3 is 2.44 bits per heavy atom. The molecule has 0 fully saturated rings. The third-order valence-electron chi connectivity index (χ3n) is 3.05. The van der Waals surface area contributed by atoms with Gasteiger partial charge in [-0.2, -0.15) is 0 Å². The molecule has 18 heavy (non-hydrogen) atoms. The van der Waals surface area contributed by atoms with Gasteiger partial charge in [0.15, 0.2) is 0 Å². The van der Waals surface area contributed by atoms with Crippen molar-refractivity contribution in [3.63, 3.8) is 0 Å². The van der Waals surface area contributed by atoms with E-state index in [1.165, 1.54) is 17.2 Å². The summed E-state index contributed by atoms with van der Waals surface area (Å²) in [5.74, 6) is -0.250. The van der Waals surface area contributed by atoms with Crippen LogP contribution in [0.2, 0.25) is 5.02 Å². The molecule has 0 spiro atoms. The molecule has 3 heteroatoms. The van der Waals surface area contributed by atoms with Gasteiger partial charge in [0, 0.05) is 10.6 Å². The second-order valence-electron chi connectivity index (χ2n) is 4.37. The first-order valence-corrected chi connectivity index (χ1v) is 6.94. The zero-order valence-electron chi connectivity index (χ0n) is 10.2. The average molecular weight is 328 g/mol. The van der Waals surface area contributed by atoms with Gasteiger partial charge in [-0.1, -0.05) is 45.7 Å². The highest BCUT2D eigenvalue weighted by atomic mass is 79.9. The molecular weight excluding hydrogens is 315 g/mol. The molecule has 0 N–H and O–H groups in total. The molecule has 2 aromatic carbocycles.